The number of carbonyl (C=O) groups excluding carboxylic acids is 2. The molecule has 0 atom stereocenters. The van der Waals surface area contributed by atoms with Crippen LogP contribution in [0.1, 0.15) is 11.1 Å². The van der Waals surface area contributed by atoms with Gasteiger partial charge in [-0.2, -0.15) is 0 Å². The van der Waals surface area contributed by atoms with Gasteiger partial charge in [0, 0.05) is 35.7 Å². The zero-order valence-corrected chi connectivity index (χ0v) is 15.2. The van der Waals surface area contributed by atoms with E-state index in [1.807, 2.05) is 24.3 Å². The number of nitrogens with one attached hydrogen (secondary N) is 2. The second-order valence-corrected chi connectivity index (χ2v) is 5.89. The van der Waals surface area contributed by atoms with Gasteiger partial charge in [-0.1, -0.05) is 24.3 Å². The highest BCUT2D eigenvalue weighted by atomic mass is 16.4. The second kappa shape index (κ2) is 10.2. The number of hydrogen-bond donors (Lipinski definition) is 4. The standard InChI is InChI=1S/C21H18N2O6/c24-18(9-11-20(26)27)22-16-5-1-14(2-6-16)13-15-3-7-17(8-4-15)23-19(25)10-12-21(28)29/h1-12H,13H2,(H,22,24)(H,23,25)(H,26,27)(H,28,29)/b11-9+,12-10+. The number of amides is 2. The summed E-state index contributed by atoms with van der Waals surface area (Å²) in [5.74, 6) is -3.46. The van der Waals surface area contributed by atoms with Crippen LogP contribution >= 0.6 is 0 Å². The van der Waals surface area contributed by atoms with E-state index in [-0.39, 0.29) is 0 Å². The van der Waals surface area contributed by atoms with Crippen molar-refractivity contribution in [2.45, 2.75) is 6.42 Å². The summed E-state index contributed by atoms with van der Waals surface area (Å²) in [6.07, 6.45) is 4.03. The summed E-state index contributed by atoms with van der Waals surface area (Å²) in [5, 5.41) is 22.1. The van der Waals surface area contributed by atoms with Crippen LogP contribution in [0, 0.1) is 0 Å². The molecule has 0 saturated heterocycles. The molecule has 4 N–H and O–H groups in total. The smallest absolute Gasteiger partial charge is 0.328 e. The molecule has 0 heterocycles. The summed E-state index contributed by atoms with van der Waals surface area (Å²) in [7, 11) is 0. The van der Waals surface area contributed by atoms with Crippen molar-refractivity contribution in [3.8, 4) is 0 Å². The molecular weight excluding hydrogens is 376 g/mol. The van der Waals surface area contributed by atoms with E-state index in [1.165, 1.54) is 0 Å². The molecule has 0 aliphatic rings. The Morgan fingerprint density at radius 2 is 0.966 bits per heavy atom. The van der Waals surface area contributed by atoms with E-state index >= 15 is 0 Å². The first-order chi connectivity index (χ1) is 13.8. The summed E-state index contributed by atoms with van der Waals surface area (Å²) in [4.78, 5) is 43.9. The molecule has 2 aromatic rings. The Bertz CT molecular complexity index is 880. The number of aliphatic carboxylic acids is 2. The molecule has 0 unspecified atom stereocenters. The Kier molecular flexibility index (Phi) is 7.43. The van der Waals surface area contributed by atoms with Gasteiger partial charge in [0.05, 0.1) is 0 Å². The molecule has 0 fully saturated rings. The van der Waals surface area contributed by atoms with E-state index in [0.29, 0.717) is 17.8 Å². The summed E-state index contributed by atoms with van der Waals surface area (Å²) in [6, 6.07) is 14.2. The molecule has 148 valence electrons. The van der Waals surface area contributed by atoms with Gasteiger partial charge in [0.25, 0.3) is 0 Å². The summed E-state index contributed by atoms with van der Waals surface area (Å²) in [5.41, 5.74) is 3.07. The fraction of sp³-hybridized carbons (Fsp3) is 0.0476. The quantitative estimate of drug-likeness (QED) is 0.508. The van der Waals surface area contributed by atoms with Gasteiger partial charge in [-0.05, 0) is 41.8 Å². The number of carbonyl (C=O) groups is 4. The first-order valence-electron chi connectivity index (χ1n) is 8.43. The highest BCUT2D eigenvalue weighted by Gasteiger charge is 2.02. The van der Waals surface area contributed by atoms with Crippen molar-refractivity contribution >= 4 is 35.1 Å². The van der Waals surface area contributed by atoms with Crippen molar-refractivity contribution in [1.29, 1.82) is 0 Å². The lowest BCUT2D eigenvalue weighted by Crippen LogP contribution is -2.08. The molecule has 8 heteroatoms. The van der Waals surface area contributed by atoms with Gasteiger partial charge in [-0.3, -0.25) is 9.59 Å². The number of benzene rings is 2. The maximum atomic E-state index is 11.6. The maximum absolute atomic E-state index is 11.6. The van der Waals surface area contributed by atoms with E-state index < -0.39 is 23.8 Å². The van der Waals surface area contributed by atoms with Crippen LogP contribution < -0.4 is 10.6 Å². The third-order valence-corrected chi connectivity index (χ3v) is 3.61. The number of hydrogen-bond acceptors (Lipinski definition) is 4. The molecule has 29 heavy (non-hydrogen) atoms. The largest absolute Gasteiger partial charge is 0.478 e. The minimum absolute atomic E-state index is 0.531. The van der Waals surface area contributed by atoms with Gasteiger partial charge in [0.1, 0.15) is 0 Å². The summed E-state index contributed by atoms with van der Waals surface area (Å²) in [6.45, 7) is 0. The van der Waals surface area contributed by atoms with E-state index in [1.54, 1.807) is 24.3 Å². The van der Waals surface area contributed by atoms with E-state index in [9.17, 15) is 19.2 Å². The molecule has 0 aliphatic heterocycles. The van der Waals surface area contributed by atoms with Crippen molar-refractivity contribution in [3.63, 3.8) is 0 Å². The first-order valence-corrected chi connectivity index (χ1v) is 8.43. The predicted molar refractivity (Wildman–Crippen MR) is 107 cm³/mol. The summed E-state index contributed by atoms with van der Waals surface area (Å²) >= 11 is 0. The van der Waals surface area contributed by atoms with Crippen molar-refractivity contribution in [2.75, 3.05) is 10.6 Å². The molecule has 8 nitrogen and oxygen atoms in total. The average Bonchev–Trinajstić information content (AvgIpc) is 2.68. The molecule has 2 rings (SSSR count). The van der Waals surface area contributed by atoms with Crippen LogP contribution in [0.15, 0.2) is 72.8 Å². The second-order valence-electron chi connectivity index (χ2n) is 5.89. The number of rotatable bonds is 8. The van der Waals surface area contributed by atoms with Crippen LogP contribution in [-0.2, 0) is 25.6 Å². The molecule has 0 bridgehead atoms. The van der Waals surface area contributed by atoms with Crippen LogP contribution in [-0.4, -0.2) is 34.0 Å². The summed E-state index contributed by atoms with van der Waals surface area (Å²) < 4.78 is 0. The Labute approximate surface area is 166 Å². The Morgan fingerprint density at radius 3 is 1.28 bits per heavy atom. The number of carboxylic acids is 2. The van der Waals surface area contributed by atoms with Crippen molar-refractivity contribution in [2.24, 2.45) is 0 Å². The van der Waals surface area contributed by atoms with Crippen LogP contribution in [0.4, 0.5) is 11.4 Å². The van der Waals surface area contributed by atoms with Crippen molar-refractivity contribution in [1.82, 2.24) is 0 Å². The van der Waals surface area contributed by atoms with E-state index in [4.69, 9.17) is 10.2 Å². The van der Waals surface area contributed by atoms with Crippen LogP contribution in [0.2, 0.25) is 0 Å². The van der Waals surface area contributed by atoms with Gasteiger partial charge in [-0.25, -0.2) is 9.59 Å². The van der Waals surface area contributed by atoms with Crippen LogP contribution in [0.25, 0.3) is 0 Å². The zero-order valence-electron chi connectivity index (χ0n) is 15.2. The average molecular weight is 394 g/mol. The highest BCUT2D eigenvalue weighted by molar-refractivity contribution is 6.02. The Hall–Kier alpha value is -4.20. The molecule has 0 radical (unpaired) electrons. The molecule has 0 spiro atoms. The molecule has 0 aliphatic carbocycles. The predicted octanol–water partition coefficient (Wildman–Crippen LogP) is 2.44. The third-order valence-electron chi connectivity index (χ3n) is 3.61. The van der Waals surface area contributed by atoms with E-state index in [0.717, 1.165) is 35.4 Å². The third kappa shape index (κ3) is 7.92. The minimum Gasteiger partial charge on any atom is -0.478 e. The lowest BCUT2D eigenvalue weighted by molar-refractivity contribution is -0.132. The first kappa shape index (κ1) is 21.1. The Morgan fingerprint density at radius 1 is 0.621 bits per heavy atom. The van der Waals surface area contributed by atoms with Gasteiger partial charge in [0.15, 0.2) is 0 Å². The zero-order chi connectivity index (χ0) is 21.2. The van der Waals surface area contributed by atoms with Gasteiger partial charge < -0.3 is 20.8 Å². The minimum atomic E-state index is -1.20. The fourth-order valence-electron chi connectivity index (χ4n) is 2.31. The van der Waals surface area contributed by atoms with Gasteiger partial charge >= 0.3 is 11.9 Å². The van der Waals surface area contributed by atoms with Crippen LogP contribution in [0.5, 0.6) is 0 Å². The Balaban J connectivity index is 1.91. The topological polar surface area (TPSA) is 133 Å². The highest BCUT2D eigenvalue weighted by Crippen LogP contribution is 2.16. The lowest BCUT2D eigenvalue weighted by atomic mass is 10.0. The molecule has 2 aromatic carbocycles. The number of carboxylic acid groups (broad SMARTS) is 2. The van der Waals surface area contributed by atoms with Gasteiger partial charge in [-0.15, -0.1) is 0 Å². The molecule has 0 saturated carbocycles. The van der Waals surface area contributed by atoms with Gasteiger partial charge in [0.2, 0.25) is 11.8 Å². The molecule has 2 amide bonds. The maximum Gasteiger partial charge on any atom is 0.328 e. The van der Waals surface area contributed by atoms with E-state index in [2.05, 4.69) is 10.6 Å². The van der Waals surface area contributed by atoms with Crippen molar-refractivity contribution < 1.29 is 29.4 Å². The molecular formula is C21H18N2O6. The normalized spacial score (nSPS) is 10.8. The van der Waals surface area contributed by atoms with Crippen molar-refractivity contribution in [3.05, 3.63) is 84.0 Å². The monoisotopic (exact) mass is 394 g/mol. The fourth-order valence-corrected chi connectivity index (χ4v) is 2.31. The molecule has 0 aromatic heterocycles. The lowest BCUT2D eigenvalue weighted by Gasteiger charge is -2.07. The number of anilines is 2. The SMILES string of the molecule is O=C(O)/C=C/C(=O)Nc1ccc(Cc2ccc(NC(=O)/C=C/C(=O)O)cc2)cc1. The van der Waals surface area contributed by atoms with Crippen LogP contribution in [0.3, 0.4) is 0 Å².